The molecule has 2 rings (SSSR count). The maximum absolute atomic E-state index is 12.9. The van der Waals surface area contributed by atoms with Crippen LogP contribution < -0.4 is 0 Å². The number of nitrogens with zero attached hydrogens (tertiary/aromatic N) is 2. The molecular weight excluding hydrogens is 202 g/mol. The lowest BCUT2D eigenvalue weighted by atomic mass is 10.3. The summed E-state index contributed by atoms with van der Waals surface area (Å²) in [6.07, 6.45) is 1.45. The number of aliphatic hydroxyl groups excluding tert-OH is 1. The monoisotopic (exact) mass is 210 g/mol. The van der Waals surface area contributed by atoms with Crippen LogP contribution in [0.3, 0.4) is 0 Å². The van der Waals surface area contributed by atoms with Gasteiger partial charge in [-0.25, -0.2) is 13.5 Å². The molecule has 0 aliphatic rings. The van der Waals surface area contributed by atoms with Crippen LogP contribution in [0.25, 0.3) is 5.69 Å². The average molecular weight is 210 g/mol. The Kier molecular flexibility index (Phi) is 2.47. The lowest BCUT2D eigenvalue weighted by molar-refractivity contribution is 0.273. The Balaban J connectivity index is 2.53. The lowest BCUT2D eigenvalue weighted by Gasteiger charge is -2.05. The molecule has 0 bridgehead atoms. The van der Waals surface area contributed by atoms with E-state index < -0.39 is 11.6 Å². The third-order valence-corrected chi connectivity index (χ3v) is 1.97. The van der Waals surface area contributed by atoms with Crippen molar-refractivity contribution in [3.8, 4) is 5.69 Å². The fraction of sp³-hybridized carbons (Fsp3) is 0.100. The quantitative estimate of drug-likeness (QED) is 0.818. The third-order valence-electron chi connectivity index (χ3n) is 1.97. The van der Waals surface area contributed by atoms with Crippen molar-refractivity contribution in [1.29, 1.82) is 0 Å². The molecule has 0 aliphatic carbocycles. The molecule has 0 radical (unpaired) electrons. The van der Waals surface area contributed by atoms with Gasteiger partial charge >= 0.3 is 0 Å². The first-order valence-corrected chi connectivity index (χ1v) is 4.31. The summed E-state index contributed by atoms with van der Waals surface area (Å²) in [7, 11) is 0. The molecule has 0 fully saturated rings. The summed E-state index contributed by atoms with van der Waals surface area (Å²) in [5.41, 5.74) is 0.724. The highest BCUT2D eigenvalue weighted by molar-refractivity contribution is 5.33. The summed E-state index contributed by atoms with van der Waals surface area (Å²) < 4.78 is 27.1. The molecule has 0 spiro atoms. The van der Waals surface area contributed by atoms with Crippen molar-refractivity contribution in [3.63, 3.8) is 0 Å². The fourth-order valence-electron chi connectivity index (χ4n) is 1.34. The molecule has 1 aromatic heterocycles. The smallest absolute Gasteiger partial charge is 0.128 e. The molecule has 15 heavy (non-hydrogen) atoms. The van der Waals surface area contributed by atoms with Crippen molar-refractivity contribution in [2.24, 2.45) is 0 Å². The summed E-state index contributed by atoms with van der Waals surface area (Å²) in [5.74, 6) is -1.35. The molecule has 1 heterocycles. The predicted molar refractivity (Wildman–Crippen MR) is 49.4 cm³/mol. The highest BCUT2D eigenvalue weighted by Crippen LogP contribution is 2.14. The molecule has 0 saturated carbocycles. The second-order valence-electron chi connectivity index (χ2n) is 3.02. The Bertz CT molecular complexity index is 462. The van der Waals surface area contributed by atoms with Crippen LogP contribution in [0.15, 0.2) is 30.5 Å². The maximum Gasteiger partial charge on any atom is 0.128 e. The second-order valence-corrected chi connectivity index (χ2v) is 3.02. The topological polar surface area (TPSA) is 38.1 Å². The predicted octanol–water partition coefficient (Wildman–Crippen LogP) is 1.64. The van der Waals surface area contributed by atoms with Gasteiger partial charge < -0.3 is 5.11 Å². The first kappa shape index (κ1) is 9.79. The summed E-state index contributed by atoms with van der Waals surface area (Å²) in [6.45, 7) is -0.238. The van der Waals surface area contributed by atoms with Crippen LogP contribution in [-0.4, -0.2) is 14.9 Å². The molecule has 1 aromatic carbocycles. The summed E-state index contributed by atoms with van der Waals surface area (Å²) in [5, 5.41) is 12.8. The molecular formula is C10H8F2N2O. The summed E-state index contributed by atoms with van der Waals surface area (Å²) >= 11 is 0. The Morgan fingerprint density at radius 2 is 1.87 bits per heavy atom. The highest BCUT2D eigenvalue weighted by atomic mass is 19.1. The van der Waals surface area contributed by atoms with Crippen molar-refractivity contribution in [2.75, 3.05) is 0 Å². The van der Waals surface area contributed by atoms with Crippen molar-refractivity contribution in [2.45, 2.75) is 6.61 Å². The van der Waals surface area contributed by atoms with Crippen molar-refractivity contribution < 1.29 is 13.9 Å². The standard InChI is InChI=1S/C10H8F2N2O/c11-7-3-8(12)5-10(4-7)14-9(6-15)1-2-13-14/h1-5,15H,6H2. The minimum Gasteiger partial charge on any atom is -0.390 e. The zero-order chi connectivity index (χ0) is 10.8. The van der Waals surface area contributed by atoms with Crippen LogP contribution >= 0.6 is 0 Å². The third kappa shape index (κ3) is 1.87. The minimum atomic E-state index is -0.676. The molecule has 0 saturated heterocycles. The van der Waals surface area contributed by atoms with Gasteiger partial charge in [-0.15, -0.1) is 0 Å². The van der Waals surface area contributed by atoms with E-state index in [1.807, 2.05) is 0 Å². The average Bonchev–Trinajstić information content (AvgIpc) is 2.63. The van der Waals surface area contributed by atoms with E-state index in [2.05, 4.69) is 5.10 Å². The van der Waals surface area contributed by atoms with Crippen LogP contribution in [0.4, 0.5) is 8.78 Å². The zero-order valence-corrected chi connectivity index (χ0v) is 7.69. The largest absolute Gasteiger partial charge is 0.390 e. The molecule has 0 atom stereocenters. The van der Waals surface area contributed by atoms with E-state index in [4.69, 9.17) is 5.11 Å². The molecule has 0 unspecified atom stereocenters. The van der Waals surface area contributed by atoms with Crippen LogP contribution in [-0.2, 0) is 6.61 Å². The van der Waals surface area contributed by atoms with Gasteiger partial charge in [-0.1, -0.05) is 0 Å². The maximum atomic E-state index is 12.9. The van der Waals surface area contributed by atoms with Crippen LogP contribution in [0.5, 0.6) is 0 Å². The van der Waals surface area contributed by atoms with Gasteiger partial charge in [-0.3, -0.25) is 0 Å². The number of aliphatic hydroxyl groups is 1. The molecule has 3 nitrogen and oxygen atoms in total. The van der Waals surface area contributed by atoms with Gasteiger partial charge in [-0.05, 0) is 18.2 Å². The van der Waals surface area contributed by atoms with E-state index in [0.717, 1.165) is 18.2 Å². The Morgan fingerprint density at radius 3 is 2.47 bits per heavy atom. The summed E-state index contributed by atoms with van der Waals surface area (Å²) in [6, 6.07) is 4.65. The van der Waals surface area contributed by atoms with Crippen molar-refractivity contribution in [3.05, 3.63) is 47.8 Å². The van der Waals surface area contributed by atoms with Gasteiger partial charge in [-0.2, -0.15) is 5.10 Å². The normalized spacial score (nSPS) is 10.6. The molecule has 78 valence electrons. The van der Waals surface area contributed by atoms with Gasteiger partial charge in [0.1, 0.15) is 11.6 Å². The number of benzene rings is 1. The number of hydrogen-bond donors (Lipinski definition) is 1. The fourth-order valence-corrected chi connectivity index (χ4v) is 1.34. The number of aromatic nitrogens is 2. The number of rotatable bonds is 2. The molecule has 0 amide bonds. The van der Waals surface area contributed by atoms with Crippen molar-refractivity contribution >= 4 is 0 Å². The van der Waals surface area contributed by atoms with E-state index in [1.165, 1.54) is 10.9 Å². The van der Waals surface area contributed by atoms with Crippen molar-refractivity contribution in [1.82, 2.24) is 9.78 Å². The van der Waals surface area contributed by atoms with Crippen LogP contribution in [0.1, 0.15) is 5.69 Å². The van der Waals surface area contributed by atoms with Gasteiger partial charge in [0.05, 0.1) is 18.0 Å². The first-order chi connectivity index (χ1) is 7.20. The van der Waals surface area contributed by atoms with E-state index in [-0.39, 0.29) is 12.3 Å². The molecule has 0 aliphatic heterocycles. The van der Waals surface area contributed by atoms with Gasteiger partial charge in [0, 0.05) is 12.3 Å². The molecule has 5 heteroatoms. The Morgan fingerprint density at radius 1 is 1.20 bits per heavy atom. The zero-order valence-electron chi connectivity index (χ0n) is 7.69. The second kappa shape index (κ2) is 3.78. The lowest BCUT2D eigenvalue weighted by Crippen LogP contribution is -2.02. The SMILES string of the molecule is OCc1ccnn1-c1cc(F)cc(F)c1. The number of hydrogen-bond acceptors (Lipinski definition) is 2. The first-order valence-electron chi connectivity index (χ1n) is 4.31. The minimum absolute atomic E-state index is 0.238. The Labute approximate surface area is 84.6 Å². The summed E-state index contributed by atoms with van der Waals surface area (Å²) in [4.78, 5) is 0. The van der Waals surface area contributed by atoms with Crippen LogP contribution in [0.2, 0.25) is 0 Å². The van der Waals surface area contributed by atoms with Crippen LogP contribution in [0, 0.1) is 11.6 Å². The van der Waals surface area contributed by atoms with E-state index in [1.54, 1.807) is 6.07 Å². The Hall–Kier alpha value is -1.75. The van der Waals surface area contributed by atoms with E-state index in [9.17, 15) is 8.78 Å². The van der Waals surface area contributed by atoms with Gasteiger partial charge in [0.15, 0.2) is 0 Å². The van der Waals surface area contributed by atoms with Gasteiger partial charge in [0.2, 0.25) is 0 Å². The van der Waals surface area contributed by atoms with E-state index in [0.29, 0.717) is 5.69 Å². The van der Waals surface area contributed by atoms with E-state index >= 15 is 0 Å². The highest BCUT2D eigenvalue weighted by Gasteiger charge is 2.06. The molecule has 1 N–H and O–H groups in total. The number of halogens is 2. The van der Waals surface area contributed by atoms with Gasteiger partial charge in [0.25, 0.3) is 0 Å². The molecule has 2 aromatic rings.